The molecule has 2 rings (SSSR count). The van der Waals surface area contributed by atoms with Crippen molar-refractivity contribution in [3.05, 3.63) is 65.7 Å². The third-order valence-electron chi connectivity index (χ3n) is 4.18. The highest BCUT2D eigenvalue weighted by molar-refractivity contribution is 5.95. The standard InChI is InChI=1S/C21H27N3O2/c1-4-18-12-8-9-13-19(18)22-20(25)15-24(3)21(26)16-23(2)14-17-10-6-5-7-11-17/h5-13H,4,14-16H2,1-3H3,(H,22,25). The van der Waals surface area contributed by atoms with Gasteiger partial charge < -0.3 is 10.2 Å². The molecule has 2 aromatic carbocycles. The molecule has 2 aromatic rings. The fourth-order valence-electron chi connectivity index (χ4n) is 2.75. The zero-order valence-electron chi connectivity index (χ0n) is 15.7. The number of aryl methyl sites for hydroxylation is 1. The number of carbonyl (C=O) groups excluding carboxylic acids is 2. The van der Waals surface area contributed by atoms with Gasteiger partial charge in [-0.1, -0.05) is 55.5 Å². The lowest BCUT2D eigenvalue weighted by molar-refractivity contribution is -0.134. The number of benzene rings is 2. The quantitative estimate of drug-likeness (QED) is 0.794. The smallest absolute Gasteiger partial charge is 0.243 e. The number of para-hydroxylation sites is 1. The van der Waals surface area contributed by atoms with Crippen molar-refractivity contribution in [1.29, 1.82) is 0 Å². The molecule has 2 amide bonds. The Morgan fingerprint density at radius 3 is 2.27 bits per heavy atom. The molecule has 0 fully saturated rings. The summed E-state index contributed by atoms with van der Waals surface area (Å²) in [5.74, 6) is -0.269. The van der Waals surface area contributed by atoms with Gasteiger partial charge in [0, 0.05) is 19.3 Å². The van der Waals surface area contributed by atoms with Crippen LogP contribution in [0.1, 0.15) is 18.1 Å². The molecule has 0 atom stereocenters. The number of nitrogens with zero attached hydrogens (tertiary/aromatic N) is 2. The summed E-state index contributed by atoms with van der Waals surface area (Å²) in [6.07, 6.45) is 0.843. The minimum Gasteiger partial charge on any atom is -0.335 e. The minimum atomic E-state index is -0.188. The second kappa shape index (κ2) is 9.73. The molecular weight excluding hydrogens is 326 g/mol. The van der Waals surface area contributed by atoms with Crippen LogP contribution in [0.3, 0.4) is 0 Å². The van der Waals surface area contributed by atoms with Crippen molar-refractivity contribution in [1.82, 2.24) is 9.80 Å². The summed E-state index contributed by atoms with van der Waals surface area (Å²) in [6, 6.07) is 17.7. The average Bonchev–Trinajstić information content (AvgIpc) is 2.62. The van der Waals surface area contributed by atoms with Gasteiger partial charge >= 0.3 is 0 Å². The first kappa shape index (κ1) is 19.7. The van der Waals surface area contributed by atoms with Crippen LogP contribution in [0.25, 0.3) is 0 Å². The third-order valence-corrected chi connectivity index (χ3v) is 4.18. The Morgan fingerprint density at radius 1 is 0.923 bits per heavy atom. The van der Waals surface area contributed by atoms with E-state index in [1.54, 1.807) is 7.05 Å². The van der Waals surface area contributed by atoms with Crippen molar-refractivity contribution < 1.29 is 9.59 Å². The molecule has 0 aliphatic carbocycles. The van der Waals surface area contributed by atoms with Crippen molar-refractivity contribution in [2.45, 2.75) is 19.9 Å². The number of carbonyl (C=O) groups is 2. The summed E-state index contributed by atoms with van der Waals surface area (Å²) >= 11 is 0. The predicted molar refractivity (Wildman–Crippen MR) is 105 cm³/mol. The van der Waals surface area contributed by atoms with Crippen LogP contribution in [-0.4, -0.2) is 48.8 Å². The first-order valence-corrected chi connectivity index (χ1v) is 8.83. The fraction of sp³-hybridized carbons (Fsp3) is 0.333. The van der Waals surface area contributed by atoms with E-state index in [0.29, 0.717) is 6.54 Å². The van der Waals surface area contributed by atoms with Crippen LogP contribution in [0.15, 0.2) is 54.6 Å². The molecule has 0 aromatic heterocycles. The molecule has 0 spiro atoms. The Kier molecular flexibility index (Phi) is 7.36. The molecule has 0 unspecified atom stereocenters. The van der Waals surface area contributed by atoms with E-state index in [0.717, 1.165) is 23.2 Å². The van der Waals surface area contributed by atoms with Gasteiger partial charge in [0.25, 0.3) is 0 Å². The topological polar surface area (TPSA) is 52.7 Å². The molecule has 0 bridgehead atoms. The van der Waals surface area contributed by atoms with E-state index in [1.807, 2.05) is 73.5 Å². The first-order chi connectivity index (χ1) is 12.5. The van der Waals surface area contributed by atoms with E-state index < -0.39 is 0 Å². The SMILES string of the molecule is CCc1ccccc1NC(=O)CN(C)C(=O)CN(C)Cc1ccccc1. The van der Waals surface area contributed by atoms with Crippen molar-refractivity contribution >= 4 is 17.5 Å². The maximum Gasteiger partial charge on any atom is 0.243 e. The Morgan fingerprint density at radius 2 is 1.58 bits per heavy atom. The number of rotatable bonds is 8. The highest BCUT2D eigenvalue weighted by atomic mass is 16.2. The van der Waals surface area contributed by atoms with Gasteiger partial charge in [0.1, 0.15) is 0 Å². The Hall–Kier alpha value is -2.66. The second-order valence-electron chi connectivity index (χ2n) is 6.47. The molecule has 0 saturated heterocycles. The van der Waals surface area contributed by atoms with Crippen LogP contribution in [0.4, 0.5) is 5.69 Å². The maximum atomic E-state index is 12.4. The lowest BCUT2D eigenvalue weighted by Gasteiger charge is -2.22. The number of nitrogens with one attached hydrogen (secondary N) is 1. The molecule has 5 heteroatoms. The minimum absolute atomic E-state index is 0.0378. The zero-order chi connectivity index (χ0) is 18.9. The molecule has 0 aliphatic heterocycles. The Balaban J connectivity index is 1.83. The van der Waals surface area contributed by atoms with Crippen LogP contribution in [0, 0.1) is 0 Å². The predicted octanol–water partition coefficient (Wildman–Crippen LogP) is 2.78. The van der Waals surface area contributed by atoms with E-state index in [-0.39, 0.29) is 24.9 Å². The van der Waals surface area contributed by atoms with Gasteiger partial charge in [-0.3, -0.25) is 14.5 Å². The van der Waals surface area contributed by atoms with Crippen molar-refractivity contribution in [3.8, 4) is 0 Å². The van der Waals surface area contributed by atoms with E-state index in [9.17, 15) is 9.59 Å². The average molecular weight is 353 g/mol. The van der Waals surface area contributed by atoms with E-state index in [2.05, 4.69) is 5.32 Å². The molecule has 0 saturated carbocycles. The largest absolute Gasteiger partial charge is 0.335 e. The lowest BCUT2D eigenvalue weighted by atomic mass is 10.1. The summed E-state index contributed by atoms with van der Waals surface area (Å²) < 4.78 is 0. The normalized spacial score (nSPS) is 10.6. The Labute approximate surface area is 155 Å². The van der Waals surface area contributed by atoms with Gasteiger partial charge in [0.15, 0.2) is 0 Å². The van der Waals surface area contributed by atoms with Crippen LogP contribution in [-0.2, 0) is 22.6 Å². The van der Waals surface area contributed by atoms with Gasteiger partial charge in [0.2, 0.25) is 11.8 Å². The zero-order valence-corrected chi connectivity index (χ0v) is 15.7. The van der Waals surface area contributed by atoms with Crippen LogP contribution < -0.4 is 5.32 Å². The summed E-state index contributed by atoms with van der Waals surface area (Å²) in [5, 5.41) is 2.89. The van der Waals surface area contributed by atoms with Gasteiger partial charge in [-0.15, -0.1) is 0 Å². The molecule has 0 radical (unpaired) electrons. The molecule has 5 nitrogen and oxygen atoms in total. The summed E-state index contributed by atoms with van der Waals surface area (Å²) in [7, 11) is 3.56. The van der Waals surface area contributed by atoms with Gasteiger partial charge in [-0.2, -0.15) is 0 Å². The van der Waals surface area contributed by atoms with Gasteiger partial charge in [0.05, 0.1) is 13.1 Å². The second-order valence-corrected chi connectivity index (χ2v) is 6.47. The molecular formula is C21H27N3O2. The summed E-state index contributed by atoms with van der Waals surface area (Å²) in [4.78, 5) is 28.0. The first-order valence-electron chi connectivity index (χ1n) is 8.83. The summed E-state index contributed by atoms with van der Waals surface area (Å²) in [5.41, 5.74) is 3.04. The van der Waals surface area contributed by atoms with E-state index in [4.69, 9.17) is 0 Å². The molecule has 26 heavy (non-hydrogen) atoms. The van der Waals surface area contributed by atoms with Crippen LogP contribution >= 0.6 is 0 Å². The van der Waals surface area contributed by atoms with Crippen molar-refractivity contribution in [2.75, 3.05) is 32.5 Å². The maximum absolute atomic E-state index is 12.4. The Bertz CT molecular complexity index is 731. The number of anilines is 1. The van der Waals surface area contributed by atoms with Crippen LogP contribution in [0.5, 0.6) is 0 Å². The number of amides is 2. The van der Waals surface area contributed by atoms with E-state index in [1.165, 1.54) is 4.90 Å². The number of hydrogen-bond donors (Lipinski definition) is 1. The molecule has 1 N–H and O–H groups in total. The summed E-state index contributed by atoms with van der Waals surface area (Å²) in [6.45, 7) is 3.04. The van der Waals surface area contributed by atoms with Crippen LogP contribution in [0.2, 0.25) is 0 Å². The number of likely N-dealkylation sites (N-methyl/N-ethyl adjacent to an activating group) is 2. The van der Waals surface area contributed by atoms with Gasteiger partial charge in [-0.25, -0.2) is 0 Å². The molecule has 0 aliphatic rings. The monoisotopic (exact) mass is 353 g/mol. The van der Waals surface area contributed by atoms with Gasteiger partial charge in [-0.05, 0) is 30.7 Å². The highest BCUT2D eigenvalue weighted by Crippen LogP contribution is 2.15. The van der Waals surface area contributed by atoms with E-state index >= 15 is 0 Å². The molecule has 0 heterocycles. The molecule has 138 valence electrons. The lowest BCUT2D eigenvalue weighted by Crippen LogP contribution is -2.40. The van der Waals surface area contributed by atoms with Crippen molar-refractivity contribution in [3.63, 3.8) is 0 Å². The highest BCUT2D eigenvalue weighted by Gasteiger charge is 2.15. The van der Waals surface area contributed by atoms with Crippen molar-refractivity contribution in [2.24, 2.45) is 0 Å². The third kappa shape index (κ3) is 6.01. The fourth-order valence-corrected chi connectivity index (χ4v) is 2.75. The number of hydrogen-bond acceptors (Lipinski definition) is 3.